The molecule has 0 unspecified atom stereocenters. The maximum Gasteiger partial charge on any atom is 0.407 e. The molecule has 0 aliphatic carbocycles. The van der Waals surface area contributed by atoms with Gasteiger partial charge in [0.05, 0.1) is 74.3 Å². The normalized spacial score (nSPS) is 16.4. The molecular weight excluding hydrogens is 737 g/mol. The molecule has 0 radical (unpaired) electrons. The standard InChI is InChI=1S/C44H44N8O6/c1-27(49-42(54)40(51-44(56)58-3)31-13-8-5-9-14-31)34-21-32(23-45-34)36-25-46-35(24-47-36)29-16-18-30(19-17-29)37-26-48-41(50-37)38-15-10-20-52(38)43(55)33(22-39(53)57-2)28-11-6-4-7-12-28/h4-9,11-14,16-19,23-27,33,38,40H,10,15,20-22H2,1-3H3,(H,48,50)(H,49,54)(H,51,56)/t27-,33+,38-,40+/m0/s1. The second-order valence-corrected chi connectivity index (χ2v) is 14.1. The van der Waals surface area contributed by atoms with Crippen LogP contribution in [0, 0.1) is 0 Å². The Bertz CT molecular complexity index is 2310. The van der Waals surface area contributed by atoms with Crippen LogP contribution in [0.15, 0.2) is 115 Å². The van der Waals surface area contributed by atoms with Crippen molar-refractivity contribution in [3.63, 3.8) is 0 Å². The molecule has 0 saturated carbocycles. The fourth-order valence-corrected chi connectivity index (χ4v) is 7.29. The average molecular weight is 781 g/mol. The summed E-state index contributed by atoms with van der Waals surface area (Å²) in [5, 5.41) is 5.56. The zero-order chi connectivity index (χ0) is 40.6. The molecule has 14 nitrogen and oxygen atoms in total. The van der Waals surface area contributed by atoms with Crippen molar-refractivity contribution in [2.75, 3.05) is 20.8 Å². The Balaban J connectivity index is 0.962. The molecule has 7 rings (SSSR count). The van der Waals surface area contributed by atoms with Gasteiger partial charge in [-0.3, -0.25) is 29.3 Å². The minimum Gasteiger partial charge on any atom is -0.469 e. The summed E-state index contributed by atoms with van der Waals surface area (Å²) < 4.78 is 9.66. The fraction of sp³-hybridized carbons (Fsp3) is 0.273. The quantitative estimate of drug-likeness (QED) is 0.115. The Morgan fingerprint density at radius 3 is 2.16 bits per heavy atom. The van der Waals surface area contributed by atoms with Crippen molar-refractivity contribution in [2.45, 2.75) is 56.7 Å². The molecule has 3 amide bonds. The predicted molar refractivity (Wildman–Crippen MR) is 217 cm³/mol. The molecule has 1 saturated heterocycles. The summed E-state index contributed by atoms with van der Waals surface area (Å²) in [6.07, 6.45) is 8.28. The predicted octanol–water partition coefficient (Wildman–Crippen LogP) is 6.33. The summed E-state index contributed by atoms with van der Waals surface area (Å²) in [6, 6.07) is 24.6. The number of aromatic nitrogens is 4. The van der Waals surface area contributed by atoms with E-state index in [2.05, 4.69) is 35.6 Å². The van der Waals surface area contributed by atoms with Crippen LogP contribution in [-0.4, -0.2) is 81.2 Å². The van der Waals surface area contributed by atoms with E-state index in [-0.39, 0.29) is 24.3 Å². The minimum absolute atomic E-state index is 0.0326. The van der Waals surface area contributed by atoms with Gasteiger partial charge in [0.15, 0.2) is 0 Å². The number of allylic oxidation sites excluding steroid dienone is 1. The van der Waals surface area contributed by atoms with Crippen molar-refractivity contribution in [3.8, 4) is 22.5 Å². The second kappa shape index (κ2) is 17.9. The van der Waals surface area contributed by atoms with E-state index >= 15 is 0 Å². The molecule has 14 heteroatoms. The summed E-state index contributed by atoms with van der Waals surface area (Å²) in [6.45, 7) is 2.42. The van der Waals surface area contributed by atoms with Gasteiger partial charge in [0.1, 0.15) is 11.9 Å². The first kappa shape index (κ1) is 39.3. The van der Waals surface area contributed by atoms with E-state index in [4.69, 9.17) is 9.47 Å². The molecule has 2 aliphatic rings. The molecule has 2 aromatic heterocycles. The molecule has 2 aliphatic heterocycles. The van der Waals surface area contributed by atoms with Crippen molar-refractivity contribution in [2.24, 2.45) is 4.99 Å². The van der Waals surface area contributed by atoms with Crippen LogP contribution in [-0.2, 0) is 23.9 Å². The number of nitrogens with zero attached hydrogens (tertiary/aromatic N) is 5. The van der Waals surface area contributed by atoms with Crippen LogP contribution in [0.5, 0.6) is 0 Å². The fourth-order valence-electron chi connectivity index (χ4n) is 7.29. The van der Waals surface area contributed by atoms with Crippen molar-refractivity contribution in [3.05, 3.63) is 132 Å². The Morgan fingerprint density at radius 1 is 0.810 bits per heavy atom. The van der Waals surface area contributed by atoms with Gasteiger partial charge >= 0.3 is 12.1 Å². The number of hydrogen-bond donors (Lipinski definition) is 3. The van der Waals surface area contributed by atoms with E-state index in [0.717, 1.165) is 46.5 Å². The van der Waals surface area contributed by atoms with Gasteiger partial charge in [-0.15, -0.1) is 0 Å². The highest BCUT2D eigenvalue weighted by atomic mass is 16.5. The molecule has 3 aromatic carbocycles. The second-order valence-electron chi connectivity index (χ2n) is 14.1. The number of amides is 3. The van der Waals surface area contributed by atoms with Crippen LogP contribution in [0.2, 0.25) is 0 Å². The number of carbonyl (C=O) groups is 4. The van der Waals surface area contributed by atoms with Gasteiger partial charge in [-0.2, -0.15) is 0 Å². The summed E-state index contributed by atoms with van der Waals surface area (Å²) in [5.74, 6) is -0.878. The van der Waals surface area contributed by atoms with Gasteiger partial charge in [0, 0.05) is 36.0 Å². The van der Waals surface area contributed by atoms with Gasteiger partial charge in [0.2, 0.25) is 11.8 Å². The van der Waals surface area contributed by atoms with Crippen molar-refractivity contribution in [1.82, 2.24) is 35.5 Å². The summed E-state index contributed by atoms with van der Waals surface area (Å²) in [4.78, 5) is 75.4. The number of nitrogens with one attached hydrogen (secondary N) is 3. The number of methoxy groups -OCH3 is 2. The van der Waals surface area contributed by atoms with Crippen molar-refractivity contribution in [1.29, 1.82) is 0 Å². The van der Waals surface area contributed by atoms with E-state index in [1.807, 2.05) is 72.5 Å². The Hall–Kier alpha value is -6.96. The highest BCUT2D eigenvalue weighted by molar-refractivity contribution is 6.03. The monoisotopic (exact) mass is 780 g/mol. The van der Waals surface area contributed by atoms with Crippen molar-refractivity contribution >= 4 is 35.2 Å². The van der Waals surface area contributed by atoms with Crippen LogP contribution in [0.1, 0.15) is 73.3 Å². The van der Waals surface area contributed by atoms with Crippen LogP contribution in [0.4, 0.5) is 4.79 Å². The lowest BCUT2D eigenvalue weighted by Gasteiger charge is -2.28. The largest absolute Gasteiger partial charge is 0.469 e. The number of hydrogen-bond acceptors (Lipinski definition) is 10. The smallest absolute Gasteiger partial charge is 0.407 e. The van der Waals surface area contributed by atoms with Crippen LogP contribution >= 0.6 is 0 Å². The van der Waals surface area contributed by atoms with E-state index in [0.29, 0.717) is 35.7 Å². The number of aliphatic imine (C=N–C) groups is 1. The third-order valence-electron chi connectivity index (χ3n) is 10.5. The Morgan fingerprint density at radius 2 is 1.48 bits per heavy atom. The first-order valence-electron chi connectivity index (χ1n) is 19.1. The minimum atomic E-state index is -0.935. The Labute approximate surface area is 335 Å². The number of likely N-dealkylation sites (tertiary alicyclic amines) is 1. The zero-order valence-corrected chi connectivity index (χ0v) is 32.4. The average Bonchev–Trinajstić information content (AvgIpc) is 4.07. The summed E-state index contributed by atoms with van der Waals surface area (Å²) >= 11 is 0. The maximum absolute atomic E-state index is 13.9. The van der Waals surface area contributed by atoms with E-state index in [1.54, 1.807) is 49.1 Å². The Kier molecular flexibility index (Phi) is 12.1. The number of rotatable bonds is 13. The highest BCUT2D eigenvalue weighted by Gasteiger charge is 2.37. The van der Waals surface area contributed by atoms with Gasteiger partial charge in [-0.1, -0.05) is 84.9 Å². The molecule has 4 heterocycles. The zero-order valence-electron chi connectivity index (χ0n) is 32.4. The molecule has 0 bridgehead atoms. The molecule has 5 aromatic rings. The lowest BCUT2D eigenvalue weighted by molar-refractivity contribution is -0.145. The molecule has 0 spiro atoms. The lowest BCUT2D eigenvalue weighted by Crippen LogP contribution is -2.45. The summed E-state index contributed by atoms with van der Waals surface area (Å²) in [7, 11) is 2.58. The number of carbonyl (C=O) groups excluding carboxylic acids is 4. The summed E-state index contributed by atoms with van der Waals surface area (Å²) in [5.41, 5.74) is 7.03. The van der Waals surface area contributed by atoms with Gasteiger partial charge < -0.3 is 30.0 Å². The third kappa shape index (κ3) is 8.86. The molecule has 296 valence electrons. The SMILES string of the molecule is COC(=O)C[C@@H](C(=O)N1CCC[C@H]1c1ncc(-c2ccc(-c3cnc(C4=CN=C([C@H](C)NC(=O)[C@H](NC(=O)OC)c5ccccc5)C4)cn3)cc2)[nH]1)c1ccccc1. The number of esters is 1. The maximum atomic E-state index is 13.9. The molecule has 1 fully saturated rings. The topological polar surface area (TPSA) is 181 Å². The number of aromatic amines is 1. The third-order valence-corrected chi connectivity index (χ3v) is 10.5. The van der Waals surface area contributed by atoms with E-state index < -0.39 is 30.1 Å². The van der Waals surface area contributed by atoms with E-state index in [9.17, 15) is 19.2 Å². The number of H-pyrrole nitrogens is 1. The molecule has 3 N–H and O–H groups in total. The first-order valence-corrected chi connectivity index (χ1v) is 19.1. The number of alkyl carbamates (subject to hydrolysis) is 1. The number of benzene rings is 3. The molecular formula is C44H44N8O6. The molecule has 4 atom stereocenters. The number of ether oxygens (including phenoxy) is 2. The number of imidazole rings is 1. The van der Waals surface area contributed by atoms with Gasteiger partial charge in [-0.25, -0.2) is 9.78 Å². The van der Waals surface area contributed by atoms with Gasteiger partial charge in [0.25, 0.3) is 0 Å². The highest BCUT2D eigenvalue weighted by Crippen LogP contribution is 2.36. The van der Waals surface area contributed by atoms with E-state index in [1.165, 1.54) is 14.2 Å². The van der Waals surface area contributed by atoms with Crippen molar-refractivity contribution < 1.29 is 28.7 Å². The van der Waals surface area contributed by atoms with Crippen LogP contribution < -0.4 is 10.6 Å². The lowest BCUT2D eigenvalue weighted by atomic mass is 9.94. The van der Waals surface area contributed by atoms with Crippen LogP contribution in [0.25, 0.3) is 28.1 Å². The van der Waals surface area contributed by atoms with Gasteiger partial charge in [-0.05, 0) is 36.5 Å². The molecule has 58 heavy (non-hydrogen) atoms. The first-order chi connectivity index (χ1) is 28.2. The van der Waals surface area contributed by atoms with Crippen LogP contribution in [0.3, 0.4) is 0 Å².